The van der Waals surface area contributed by atoms with Crippen molar-refractivity contribution in [1.82, 2.24) is 5.32 Å². The zero-order valence-corrected chi connectivity index (χ0v) is 58.3. The topological polar surface area (TPSA) is 95.9 Å². The predicted octanol–water partition coefficient (Wildman–Crippen LogP) is 25.8. The number of amides is 1. The molecule has 0 radical (unpaired) electrons. The molecule has 0 aromatic heterocycles. The van der Waals surface area contributed by atoms with Gasteiger partial charge in [-0.1, -0.05) is 378 Å². The molecule has 0 rings (SSSR count). The van der Waals surface area contributed by atoms with Gasteiger partial charge < -0.3 is 20.3 Å². The van der Waals surface area contributed by atoms with Crippen LogP contribution in [0, 0.1) is 0 Å². The van der Waals surface area contributed by atoms with E-state index in [0.29, 0.717) is 19.4 Å². The molecule has 0 bridgehead atoms. The average Bonchev–Trinajstić information content (AvgIpc) is 3.54. The number of aliphatic hydroxyl groups is 2. The highest BCUT2D eigenvalue weighted by atomic mass is 16.5. The van der Waals surface area contributed by atoms with E-state index in [-0.39, 0.29) is 18.5 Å². The van der Waals surface area contributed by atoms with E-state index in [1.165, 1.54) is 366 Å². The average molecular weight is 1210 g/mol. The molecule has 86 heavy (non-hydrogen) atoms. The molecule has 0 saturated carbocycles. The summed E-state index contributed by atoms with van der Waals surface area (Å²) in [7, 11) is 0. The number of rotatable bonds is 74. The molecular formula is C80H153NO5. The molecule has 1 amide bonds. The third-order valence-electron chi connectivity index (χ3n) is 18.4. The number of aliphatic hydroxyl groups excluding tert-OH is 2. The molecule has 0 aliphatic rings. The van der Waals surface area contributed by atoms with Gasteiger partial charge in [-0.2, -0.15) is 0 Å². The SMILES string of the molecule is CCCCCCCC/C=C\CCCCCCCCCCCC(=O)OCCCCCCCCCCCCCC/C=C\CCCCCCCCCCCCC(=O)NC(CO)C(O)/C=C/CCCCCCCCCCCCCCCCCCCCCCCC. The monoisotopic (exact) mass is 1210 g/mol. The standard InChI is InChI=1S/C80H153NO5/c1-3-5-7-9-11-13-15-17-19-21-23-24-25-30-33-37-40-44-48-52-56-60-64-68-72-78(83)77(76-82)81-79(84)73-69-65-61-57-53-49-45-41-38-34-31-28-26-27-29-32-35-39-43-47-51-55-59-63-67-71-75-86-80(85)74-70-66-62-58-54-50-46-42-36-22-20-18-16-14-12-10-8-6-4-2/h18,20,26,28,68,72,77-78,82-83H,3-17,19,21-25,27,29-67,69-71,73-76H2,1-2H3,(H,81,84)/b20-18-,28-26-,72-68+. The fourth-order valence-electron chi connectivity index (χ4n) is 12.4. The molecule has 0 aliphatic carbocycles. The molecule has 0 fully saturated rings. The fourth-order valence-corrected chi connectivity index (χ4v) is 12.4. The van der Waals surface area contributed by atoms with Crippen molar-refractivity contribution in [3.63, 3.8) is 0 Å². The number of nitrogens with one attached hydrogen (secondary N) is 1. The third-order valence-corrected chi connectivity index (χ3v) is 18.4. The van der Waals surface area contributed by atoms with Crippen molar-refractivity contribution >= 4 is 11.9 Å². The minimum absolute atomic E-state index is 0.0144. The maximum Gasteiger partial charge on any atom is 0.305 e. The highest BCUT2D eigenvalue weighted by molar-refractivity contribution is 5.76. The third kappa shape index (κ3) is 71.2. The molecule has 0 aromatic carbocycles. The van der Waals surface area contributed by atoms with E-state index in [2.05, 4.69) is 43.5 Å². The Morgan fingerprint density at radius 2 is 0.547 bits per heavy atom. The van der Waals surface area contributed by atoms with E-state index in [9.17, 15) is 19.8 Å². The van der Waals surface area contributed by atoms with Crippen LogP contribution in [-0.2, 0) is 14.3 Å². The van der Waals surface area contributed by atoms with Gasteiger partial charge in [-0.3, -0.25) is 9.59 Å². The van der Waals surface area contributed by atoms with Gasteiger partial charge in [-0.15, -0.1) is 0 Å². The minimum Gasteiger partial charge on any atom is -0.466 e. The first-order chi connectivity index (χ1) is 42.5. The van der Waals surface area contributed by atoms with E-state index < -0.39 is 12.1 Å². The maximum absolute atomic E-state index is 12.6. The van der Waals surface area contributed by atoms with Crippen molar-refractivity contribution in [1.29, 1.82) is 0 Å². The molecule has 0 aromatic rings. The van der Waals surface area contributed by atoms with Crippen LogP contribution in [0.1, 0.15) is 438 Å². The second-order valence-electron chi connectivity index (χ2n) is 27.0. The number of ether oxygens (including phenoxy) is 1. The van der Waals surface area contributed by atoms with Crippen LogP contribution in [-0.4, -0.2) is 47.4 Å². The molecule has 2 atom stereocenters. The van der Waals surface area contributed by atoms with Crippen LogP contribution >= 0.6 is 0 Å². The Morgan fingerprint density at radius 3 is 0.826 bits per heavy atom. The zero-order valence-electron chi connectivity index (χ0n) is 58.3. The van der Waals surface area contributed by atoms with Gasteiger partial charge in [0, 0.05) is 12.8 Å². The molecule has 0 heterocycles. The number of unbranched alkanes of at least 4 members (excludes halogenated alkanes) is 59. The Labute approximate surface area is 538 Å². The molecule has 2 unspecified atom stereocenters. The lowest BCUT2D eigenvalue weighted by atomic mass is 10.0. The summed E-state index contributed by atoms with van der Waals surface area (Å²) >= 11 is 0. The summed E-state index contributed by atoms with van der Waals surface area (Å²) in [5.74, 6) is -0.0508. The summed E-state index contributed by atoms with van der Waals surface area (Å²) in [6, 6.07) is -0.631. The van der Waals surface area contributed by atoms with Gasteiger partial charge in [-0.25, -0.2) is 0 Å². The van der Waals surface area contributed by atoms with Crippen LogP contribution in [0.25, 0.3) is 0 Å². The summed E-state index contributed by atoms with van der Waals surface area (Å²) in [5.41, 5.74) is 0. The molecule has 0 saturated heterocycles. The summed E-state index contributed by atoms with van der Waals surface area (Å²) < 4.78 is 5.51. The van der Waals surface area contributed by atoms with Gasteiger partial charge >= 0.3 is 5.97 Å². The second kappa shape index (κ2) is 75.5. The predicted molar refractivity (Wildman–Crippen MR) is 379 cm³/mol. The largest absolute Gasteiger partial charge is 0.466 e. The molecule has 508 valence electrons. The van der Waals surface area contributed by atoms with Crippen molar-refractivity contribution in [3.05, 3.63) is 36.5 Å². The lowest BCUT2D eigenvalue weighted by Crippen LogP contribution is -2.45. The van der Waals surface area contributed by atoms with Crippen LogP contribution in [0.4, 0.5) is 0 Å². The Morgan fingerprint density at radius 1 is 0.314 bits per heavy atom. The lowest BCUT2D eigenvalue weighted by Gasteiger charge is -2.20. The molecule has 0 aliphatic heterocycles. The van der Waals surface area contributed by atoms with E-state index in [1.54, 1.807) is 6.08 Å². The van der Waals surface area contributed by atoms with Gasteiger partial charge in [0.15, 0.2) is 0 Å². The van der Waals surface area contributed by atoms with Crippen LogP contribution in [0.2, 0.25) is 0 Å². The van der Waals surface area contributed by atoms with E-state index >= 15 is 0 Å². The fraction of sp³-hybridized carbons (Fsp3) is 0.900. The van der Waals surface area contributed by atoms with Crippen molar-refractivity contribution in [2.75, 3.05) is 13.2 Å². The van der Waals surface area contributed by atoms with Gasteiger partial charge in [0.2, 0.25) is 5.91 Å². The first kappa shape index (κ1) is 84.1. The van der Waals surface area contributed by atoms with Crippen LogP contribution in [0.3, 0.4) is 0 Å². The van der Waals surface area contributed by atoms with Crippen molar-refractivity contribution in [2.24, 2.45) is 0 Å². The van der Waals surface area contributed by atoms with E-state index in [1.807, 2.05) is 6.08 Å². The van der Waals surface area contributed by atoms with Crippen LogP contribution < -0.4 is 5.32 Å². The Hall–Kier alpha value is -1.92. The number of carbonyl (C=O) groups excluding carboxylic acids is 2. The summed E-state index contributed by atoms with van der Waals surface area (Å²) in [5, 5.41) is 23.3. The smallest absolute Gasteiger partial charge is 0.305 e. The quantitative estimate of drug-likeness (QED) is 0.0320. The number of hydrogen-bond donors (Lipinski definition) is 3. The maximum atomic E-state index is 12.6. The Balaban J connectivity index is 3.40. The second-order valence-corrected chi connectivity index (χ2v) is 27.0. The van der Waals surface area contributed by atoms with Crippen molar-refractivity contribution in [2.45, 2.75) is 450 Å². The highest BCUT2D eigenvalue weighted by Gasteiger charge is 2.18. The van der Waals surface area contributed by atoms with Crippen molar-refractivity contribution < 1.29 is 24.5 Å². The van der Waals surface area contributed by atoms with Crippen molar-refractivity contribution in [3.8, 4) is 0 Å². The van der Waals surface area contributed by atoms with E-state index in [4.69, 9.17) is 4.74 Å². The normalized spacial score (nSPS) is 12.7. The van der Waals surface area contributed by atoms with Gasteiger partial charge in [0.25, 0.3) is 0 Å². The first-order valence-corrected chi connectivity index (χ1v) is 39.3. The number of hydrogen-bond acceptors (Lipinski definition) is 5. The van der Waals surface area contributed by atoms with E-state index in [0.717, 1.165) is 44.9 Å². The minimum atomic E-state index is -0.848. The Bertz CT molecular complexity index is 1390. The Kier molecular flexibility index (Phi) is 73.9. The number of esters is 1. The first-order valence-electron chi connectivity index (χ1n) is 39.3. The van der Waals surface area contributed by atoms with Crippen LogP contribution in [0.15, 0.2) is 36.5 Å². The number of carbonyl (C=O) groups is 2. The highest BCUT2D eigenvalue weighted by Crippen LogP contribution is 2.19. The molecule has 3 N–H and O–H groups in total. The zero-order chi connectivity index (χ0) is 62.0. The summed E-state index contributed by atoms with van der Waals surface area (Å²) in [6.07, 6.45) is 98.2. The van der Waals surface area contributed by atoms with Crippen LogP contribution in [0.5, 0.6) is 0 Å². The molecule has 0 spiro atoms. The molecule has 6 heteroatoms. The van der Waals surface area contributed by atoms with Gasteiger partial charge in [0.05, 0.1) is 25.4 Å². The van der Waals surface area contributed by atoms with Gasteiger partial charge in [0.1, 0.15) is 0 Å². The lowest BCUT2D eigenvalue weighted by molar-refractivity contribution is -0.143. The molecule has 6 nitrogen and oxygen atoms in total. The number of allylic oxidation sites excluding steroid dienone is 5. The summed E-state index contributed by atoms with van der Waals surface area (Å²) in [6.45, 7) is 4.95. The van der Waals surface area contributed by atoms with Gasteiger partial charge in [-0.05, 0) is 83.5 Å². The molecular weight excluding hydrogens is 1050 g/mol. The summed E-state index contributed by atoms with van der Waals surface area (Å²) in [4.78, 5) is 24.7.